The Morgan fingerprint density at radius 3 is 2.38 bits per heavy atom. The van der Waals surface area contributed by atoms with Gasteiger partial charge in [-0.15, -0.1) is 10.2 Å². The van der Waals surface area contributed by atoms with Gasteiger partial charge in [0.2, 0.25) is 15.4 Å². The molecular weight excluding hydrogens is 355 g/mol. The van der Waals surface area contributed by atoms with Gasteiger partial charge in [0.25, 0.3) is 10.0 Å². The first-order valence-corrected chi connectivity index (χ1v) is 9.41. The van der Waals surface area contributed by atoms with Crippen molar-refractivity contribution < 1.29 is 17.6 Å². The lowest BCUT2D eigenvalue weighted by atomic mass is 10.1. The molecule has 1 atom stereocenters. The number of rotatable bonds is 6. The molecule has 0 radical (unpaired) electrons. The summed E-state index contributed by atoms with van der Waals surface area (Å²) in [7, 11) is -3.90. The van der Waals surface area contributed by atoms with Gasteiger partial charge in [-0.3, -0.25) is 4.79 Å². The molecule has 0 aliphatic rings. The molecule has 0 aliphatic carbocycles. The number of hydrogen-bond acceptors (Lipinski definition) is 6. The number of aromatic nitrogens is 2. The van der Waals surface area contributed by atoms with E-state index in [-0.39, 0.29) is 21.3 Å². The van der Waals surface area contributed by atoms with Crippen molar-refractivity contribution in [2.24, 2.45) is 5.92 Å². The van der Waals surface area contributed by atoms with Gasteiger partial charge in [-0.25, -0.2) is 17.5 Å². The molecule has 2 N–H and O–H groups in total. The third-order valence-corrected chi connectivity index (χ3v) is 5.84. The van der Waals surface area contributed by atoms with E-state index in [9.17, 15) is 17.6 Å². The van der Waals surface area contributed by atoms with Crippen molar-refractivity contribution in [2.45, 2.75) is 31.2 Å². The maximum absolute atomic E-state index is 12.9. The molecule has 1 aromatic carbocycles. The third-order valence-electron chi connectivity index (χ3n) is 3.09. The Kier molecular flexibility index (Phi) is 5.62. The van der Waals surface area contributed by atoms with Crippen LogP contribution in [0, 0.1) is 11.7 Å². The number of sulfonamides is 1. The molecule has 0 fully saturated rings. The van der Waals surface area contributed by atoms with Crippen LogP contribution in [0.1, 0.15) is 32.4 Å². The second-order valence-electron chi connectivity index (χ2n) is 5.41. The predicted molar refractivity (Wildman–Crippen MR) is 88.5 cm³/mol. The Morgan fingerprint density at radius 1 is 1.17 bits per heavy atom. The highest BCUT2D eigenvalue weighted by molar-refractivity contribution is 7.91. The number of nitrogens with zero attached hydrogens (tertiary/aromatic N) is 2. The van der Waals surface area contributed by atoms with Crippen LogP contribution in [0.25, 0.3) is 0 Å². The highest BCUT2D eigenvalue weighted by Gasteiger charge is 2.24. The number of carbonyl (C=O) groups is 1. The maximum Gasteiger partial charge on any atom is 0.270 e. The van der Waals surface area contributed by atoms with E-state index in [0.29, 0.717) is 5.56 Å². The van der Waals surface area contributed by atoms with E-state index in [1.54, 1.807) is 20.8 Å². The van der Waals surface area contributed by atoms with E-state index in [1.807, 2.05) is 0 Å². The van der Waals surface area contributed by atoms with Crippen LogP contribution in [-0.2, 0) is 14.8 Å². The Balaban J connectivity index is 2.11. The zero-order valence-corrected chi connectivity index (χ0v) is 14.9. The predicted octanol–water partition coefficient (Wildman–Crippen LogP) is 2.31. The molecule has 1 amide bonds. The van der Waals surface area contributed by atoms with E-state index in [2.05, 4.69) is 20.2 Å². The summed E-state index contributed by atoms with van der Waals surface area (Å²) in [6.07, 6.45) is 0. The van der Waals surface area contributed by atoms with E-state index in [4.69, 9.17) is 0 Å². The number of nitrogens with one attached hydrogen (secondary N) is 2. The fourth-order valence-electron chi connectivity index (χ4n) is 1.72. The number of halogens is 1. The summed E-state index contributed by atoms with van der Waals surface area (Å²) < 4.78 is 39.8. The molecule has 24 heavy (non-hydrogen) atoms. The first-order chi connectivity index (χ1) is 11.2. The van der Waals surface area contributed by atoms with Crippen LogP contribution >= 0.6 is 11.3 Å². The number of amides is 1. The first kappa shape index (κ1) is 18.4. The standard InChI is InChI=1S/C14H17FN4O3S2/c1-8(2)12(20)16-13-17-18-14(23-13)24(21,22)19-9(3)10-4-6-11(15)7-5-10/h4-9,19H,1-3H3,(H,16,17,20)/t9-/m0/s1. The van der Waals surface area contributed by atoms with Crippen molar-refractivity contribution in [1.82, 2.24) is 14.9 Å². The van der Waals surface area contributed by atoms with Gasteiger partial charge in [0.1, 0.15) is 5.82 Å². The minimum absolute atomic E-state index is 0.114. The van der Waals surface area contributed by atoms with Gasteiger partial charge in [-0.2, -0.15) is 0 Å². The Bertz CT molecular complexity index is 819. The van der Waals surface area contributed by atoms with Gasteiger partial charge in [0.15, 0.2) is 0 Å². The van der Waals surface area contributed by atoms with Gasteiger partial charge >= 0.3 is 0 Å². The molecule has 2 aromatic rings. The zero-order chi connectivity index (χ0) is 17.9. The topological polar surface area (TPSA) is 101 Å². The minimum atomic E-state index is -3.90. The molecule has 10 heteroatoms. The zero-order valence-electron chi connectivity index (χ0n) is 13.3. The molecule has 7 nitrogen and oxygen atoms in total. The Morgan fingerprint density at radius 2 is 1.79 bits per heavy atom. The third kappa shape index (κ3) is 4.56. The second-order valence-corrected chi connectivity index (χ2v) is 8.28. The monoisotopic (exact) mass is 372 g/mol. The SMILES string of the molecule is CC(C)C(=O)Nc1nnc(S(=O)(=O)N[C@@H](C)c2ccc(F)cc2)s1. The lowest BCUT2D eigenvalue weighted by Gasteiger charge is -2.12. The lowest BCUT2D eigenvalue weighted by Crippen LogP contribution is -2.26. The molecule has 1 heterocycles. The van der Waals surface area contributed by atoms with Crippen molar-refractivity contribution >= 4 is 32.4 Å². The quantitative estimate of drug-likeness (QED) is 0.758. The molecular formula is C14H17FN4O3S2. The van der Waals surface area contributed by atoms with Crippen LogP contribution in [0.5, 0.6) is 0 Å². The van der Waals surface area contributed by atoms with Crippen LogP contribution in [0.15, 0.2) is 28.6 Å². The van der Waals surface area contributed by atoms with Gasteiger partial charge in [0.05, 0.1) is 0 Å². The highest BCUT2D eigenvalue weighted by Crippen LogP contribution is 2.23. The van der Waals surface area contributed by atoms with Crippen LogP contribution in [-0.4, -0.2) is 24.5 Å². The van der Waals surface area contributed by atoms with Crippen LogP contribution in [0.4, 0.5) is 9.52 Å². The van der Waals surface area contributed by atoms with Crippen molar-refractivity contribution in [2.75, 3.05) is 5.32 Å². The average Bonchev–Trinajstić information content (AvgIpc) is 2.96. The van der Waals surface area contributed by atoms with Crippen molar-refractivity contribution in [3.05, 3.63) is 35.6 Å². The van der Waals surface area contributed by atoms with Crippen LogP contribution < -0.4 is 10.0 Å². The van der Waals surface area contributed by atoms with Gasteiger partial charge in [0, 0.05) is 12.0 Å². The van der Waals surface area contributed by atoms with Crippen molar-refractivity contribution in [3.8, 4) is 0 Å². The molecule has 0 spiro atoms. The molecule has 1 aromatic heterocycles. The first-order valence-electron chi connectivity index (χ1n) is 7.11. The summed E-state index contributed by atoms with van der Waals surface area (Å²) >= 11 is 0.761. The molecule has 0 bridgehead atoms. The number of carbonyl (C=O) groups excluding carboxylic acids is 1. The van der Waals surface area contributed by atoms with E-state index < -0.39 is 21.9 Å². The second kappa shape index (κ2) is 7.32. The van der Waals surface area contributed by atoms with Crippen molar-refractivity contribution in [3.63, 3.8) is 0 Å². The Labute approximate surface area is 143 Å². The summed E-state index contributed by atoms with van der Waals surface area (Å²) in [4.78, 5) is 11.6. The summed E-state index contributed by atoms with van der Waals surface area (Å²) in [6.45, 7) is 5.05. The Hall–Kier alpha value is -1.91. The van der Waals surface area contributed by atoms with E-state index >= 15 is 0 Å². The summed E-state index contributed by atoms with van der Waals surface area (Å²) in [5.41, 5.74) is 0.609. The average molecular weight is 372 g/mol. The normalized spacial score (nSPS) is 13.0. The molecule has 0 unspecified atom stereocenters. The molecule has 0 saturated heterocycles. The largest absolute Gasteiger partial charge is 0.300 e. The number of benzene rings is 1. The molecule has 0 saturated carbocycles. The molecule has 2 rings (SSSR count). The fourth-order valence-corrected chi connectivity index (χ4v) is 3.87. The highest BCUT2D eigenvalue weighted by atomic mass is 32.2. The maximum atomic E-state index is 12.9. The van der Waals surface area contributed by atoms with Crippen molar-refractivity contribution in [1.29, 1.82) is 0 Å². The summed E-state index contributed by atoms with van der Waals surface area (Å²) in [5, 5.41) is 9.88. The van der Waals surface area contributed by atoms with Crippen LogP contribution in [0.2, 0.25) is 0 Å². The lowest BCUT2D eigenvalue weighted by molar-refractivity contribution is -0.118. The smallest absolute Gasteiger partial charge is 0.270 e. The molecule has 0 aliphatic heterocycles. The molecule has 130 valence electrons. The summed E-state index contributed by atoms with van der Waals surface area (Å²) in [5.74, 6) is -0.934. The number of anilines is 1. The van der Waals surface area contributed by atoms with Gasteiger partial charge < -0.3 is 5.32 Å². The van der Waals surface area contributed by atoms with Gasteiger partial charge in [-0.1, -0.05) is 37.3 Å². The summed E-state index contributed by atoms with van der Waals surface area (Å²) in [6, 6.07) is 4.93. The van der Waals surface area contributed by atoms with Gasteiger partial charge in [-0.05, 0) is 24.6 Å². The fraction of sp³-hybridized carbons (Fsp3) is 0.357. The van der Waals surface area contributed by atoms with Crippen LogP contribution in [0.3, 0.4) is 0 Å². The van der Waals surface area contributed by atoms with E-state index in [1.165, 1.54) is 24.3 Å². The number of hydrogen-bond donors (Lipinski definition) is 2. The minimum Gasteiger partial charge on any atom is -0.300 e. The van der Waals surface area contributed by atoms with E-state index in [0.717, 1.165) is 11.3 Å².